The lowest BCUT2D eigenvalue weighted by molar-refractivity contribution is 0.0631. The number of hydrogen-bond donors (Lipinski definition) is 0. The molecule has 0 aliphatic rings. The first-order chi connectivity index (χ1) is 17.9. The Hall–Kier alpha value is -0.0231. The molecule has 0 amide bonds. The van der Waals surface area contributed by atoms with E-state index in [1.807, 2.05) is 0 Å². The summed E-state index contributed by atoms with van der Waals surface area (Å²) in [6.07, 6.45) is 8.81. The highest BCUT2D eigenvalue weighted by Gasteiger charge is 2.43. The molecule has 0 bridgehead atoms. The van der Waals surface area contributed by atoms with Crippen LogP contribution in [0.3, 0.4) is 0 Å². The molecule has 0 aliphatic heterocycles. The van der Waals surface area contributed by atoms with Crippen molar-refractivity contribution in [3.63, 3.8) is 0 Å². The molecule has 0 N–H and O–H groups in total. The molecule has 0 spiro atoms. The Kier molecular flexibility index (Phi) is 22.7. The average molecular weight is 546 g/mol. The summed E-state index contributed by atoms with van der Waals surface area (Å²) in [6.45, 7) is 32.4. The largest absolute Gasteiger partial charge is 0.500 e. The SMILES string of the molecule is CCO[Si](CCC(CCCN(CC)CC)(CCCN(CC)CC)CCCN(CC)CC)(OCC)OCC. The third kappa shape index (κ3) is 15.4. The van der Waals surface area contributed by atoms with Crippen molar-refractivity contribution in [2.24, 2.45) is 5.41 Å². The zero-order valence-electron chi connectivity index (χ0n) is 26.7. The van der Waals surface area contributed by atoms with Gasteiger partial charge in [-0.25, -0.2) is 0 Å². The molecule has 37 heavy (non-hydrogen) atoms. The van der Waals surface area contributed by atoms with Gasteiger partial charge in [0.1, 0.15) is 0 Å². The van der Waals surface area contributed by atoms with Crippen LogP contribution in [-0.4, -0.2) is 102 Å². The van der Waals surface area contributed by atoms with Crippen molar-refractivity contribution >= 4 is 8.80 Å². The number of nitrogens with zero attached hydrogens (tertiary/aromatic N) is 3. The van der Waals surface area contributed by atoms with E-state index >= 15 is 0 Å². The van der Waals surface area contributed by atoms with Crippen LogP contribution >= 0.6 is 0 Å². The molecule has 0 heterocycles. The van der Waals surface area contributed by atoms with Gasteiger partial charge >= 0.3 is 8.80 Å². The highest BCUT2D eigenvalue weighted by atomic mass is 28.4. The van der Waals surface area contributed by atoms with Gasteiger partial charge in [-0.2, -0.15) is 0 Å². The van der Waals surface area contributed by atoms with E-state index in [0.29, 0.717) is 25.2 Å². The van der Waals surface area contributed by atoms with Crippen LogP contribution in [0.1, 0.15) is 107 Å². The molecule has 0 atom stereocenters. The monoisotopic (exact) mass is 545 g/mol. The fourth-order valence-corrected chi connectivity index (χ4v) is 8.66. The van der Waals surface area contributed by atoms with Crippen LogP contribution < -0.4 is 0 Å². The second-order valence-corrected chi connectivity index (χ2v) is 13.1. The van der Waals surface area contributed by atoms with Gasteiger partial charge in [-0.1, -0.05) is 41.5 Å². The summed E-state index contributed by atoms with van der Waals surface area (Å²) in [6, 6.07) is 0.935. The maximum atomic E-state index is 6.31. The fraction of sp³-hybridized carbons (Fsp3) is 1.00. The molecule has 0 unspecified atom stereocenters. The van der Waals surface area contributed by atoms with Crippen LogP contribution in [0.4, 0.5) is 0 Å². The summed E-state index contributed by atoms with van der Waals surface area (Å²) in [4.78, 5) is 7.74. The van der Waals surface area contributed by atoms with Crippen molar-refractivity contribution in [2.75, 3.05) is 78.7 Å². The van der Waals surface area contributed by atoms with Gasteiger partial charge in [0, 0.05) is 25.9 Å². The minimum atomic E-state index is -2.66. The second-order valence-electron chi connectivity index (χ2n) is 10.4. The lowest BCUT2D eigenvalue weighted by atomic mass is 9.73. The number of rotatable bonds is 27. The molecule has 0 aromatic heterocycles. The molecule has 7 heteroatoms. The Morgan fingerprint density at radius 1 is 0.459 bits per heavy atom. The third-order valence-electron chi connectivity index (χ3n) is 8.28. The highest BCUT2D eigenvalue weighted by Crippen LogP contribution is 2.42. The Bertz CT molecular complexity index is 438. The van der Waals surface area contributed by atoms with Crippen LogP contribution in [0.5, 0.6) is 0 Å². The van der Waals surface area contributed by atoms with Crippen molar-refractivity contribution in [2.45, 2.75) is 113 Å². The molecule has 0 saturated heterocycles. The molecule has 0 fully saturated rings. The van der Waals surface area contributed by atoms with Gasteiger partial charge in [0.2, 0.25) is 0 Å². The molecule has 0 rings (SSSR count). The van der Waals surface area contributed by atoms with Crippen molar-refractivity contribution in [1.82, 2.24) is 14.7 Å². The molecule has 0 aliphatic carbocycles. The zero-order valence-corrected chi connectivity index (χ0v) is 27.7. The van der Waals surface area contributed by atoms with E-state index in [1.165, 1.54) is 58.2 Å². The van der Waals surface area contributed by atoms with Crippen molar-refractivity contribution in [3.05, 3.63) is 0 Å². The fourth-order valence-electron chi connectivity index (χ4n) is 5.82. The molecule has 0 aromatic rings. The predicted molar refractivity (Wildman–Crippen MR) is 164 cm³/mol. The summed E-state index contributed by atoms with van der Waals surface area (Å²) in [5.41, 5.74) is 0.316. The molecular formula is C30H67N3O3Si. The molecule has 0 radical (unpaired) electrons. The standard InChI is InChI=1S/C30H67N3O3Si/c1-10-31(11-2)26-19-22-30(23-20-27-32(12-3)13-4,24-21-28-33(14-5)15-6)25-29-37(34-16-7,35-17-8)36-18-9/h10-29H2,1-9H3. The molecule has 0 saturated carbocycles. The zero-order chi connectivity index (χ0) is 28.0. The summed E-state index contributed by atoms with van der Waals surface area (Å²) in [5.74, 6) is 0. The Morgan fingerprint density at radius 3 is 1.00 bits per heavy atom. The van der Waals surface area contributed by atoms with Crippen LogP contribution in [0, 0.1) is 5.41 Å². The lowest BCUT2D eigenvalue weighted by Gasteiger charge is -2.39. The van der Waals surface area contributed by atoms with Crippen LogP contribution in [0.2, 0.25) is 6.04 Å². The first-order valence-corrected chi connectivity index (χ1v) is 17.9. The van der Waals surface area contributed by atoms with Crippen molar-refractivity contribution in [3.8, 4) is 0 Å². The van der Waals surface area contributed by atoms with Crippen LogP contribution in [0.25, 0.3) is 0 Å². The normalized spacial score (nSPS) is 13.0. The minimum absolute atomic E-state index is 0.316. The molecule has 0 aromatic carbocycles. The maximum Gasteiger partial charge on any atom is 0.500 e. The van der Waals surface area contributed by atoms with E-state index in [4.69, 9.17) is 13.3 Å². The molecular weight excluding hydrogens is 478 g/mol. The van der Waals surface area contributed by atoms with Gasteiger partial charge in [-0.15, -0.1) is 0 Å². The van der Waals surface area contributed by atoms with Gasteiger partial charge in [-0.05, 0) is 130 Å². The van der Waals surface area contributed by atoms with E-state index < -0.39 is 8.80 Å². The topological polar surface area (TPSA) is 37.4 Å². The summed E-state index contributed by atoms with van der Waals surface area (Å²) >= 11 is 0. The van der Waals surface area contributed by atoms with E-state index in [2.05, 4.69) is 77.0 Å². The van der Waals surface area contributed by atoms with Crippen molar-refractivity contribution in [1.29, 1.82) is 0 Å². The van der Waals surface area contributed by atoms with E-state index in [-0.39, 0.29) is 0 Å². The van der Waals surface area contributed by atoms with Gasteiger partial charge in [0.05, 0.1) is 0 Å². The van der Waals surface area contributed by atoms with Crippen LogP contribution in [-0.2, 0) is 13.3 Å². The molecule has 224 valence electrons. The maximum absolute atomic E-state index is 6.31. The highest BCUT2D eigenvalue weighted by molar-refractivity contribution is 6.60. The second kappa shape index (κ2) is 22.8. The van der Waals surface area contributed by atoms with Gasteiger partial charge in [0.15, 0.2) is 0 Å². The Morgan fingerprint density at radius 2 is 0.757 bits per heavy atom. The minimum Gasteiger partial charge on any atom is -0.374 e. The third-order valence-corrected chi connectivity index (χ3v) is 11.3. The quantitative estimate of drug-likeness (QED) is 0.106. The first kappa shape index (κ1) is 37.0. The van der Waals surface area contributed by atoms with E-state index in [9.17, 15) is 0 Å². The predicted octanol–water partition coefficient (Wildman–Crippen LogP) is 6.78. The Balaban J connectivity index is 5.88. The Labute approximate surface area is 234 Å². The van der Waals surface area contributed by atoms with E-state index in [1.54, 1.807) is 0 Å². The first-order valence-electron chi connectivity index (χ1n) is 16.0. The lowest BCUT2D eigenvalue weighted by Crippen LogP contribution is -2.47. The number of hydrogen-bond acceptors (Lipinski definition) is 6. The van der Waals surface area contributed by atoms with Crippen molar-refractivity contribution < 1.29 is 13.3 Å². The van der Waals surface area contributed by atoms with Crippen LogP contribution in [0.15, 0.2) is 0 Å². The summed E-state index contributed by atoms with van der Waals surface area (Å²) in [7, 11) is -2.66. The summed E-state index contributed by atoms with van der Waals surface area (Å²) in [5, 5.41) is 0. The van der Waals surface area contributed by atoms with E-state index in [0.717, 1.165) is 51.7 Å². The summed E-state index contributed by atoms with van der Waals surface area (Å²) < 4.78 is 18.9. The molecule has 6 nitrogen and oxygen atoms in total. The smallest absolute Gasteiger partial charge is 0.374 e. The average Bonchev–Trinajstić information content (AvgIpc) is 2.91. The van der Waals surface area contributed by atoms with Gasteiger partial charge in [0.25, 0.3) is 0 Å². The van der Waals surface area contributed by atoms with Gasteiger partial charge in [-0.3, -0.25) is 0 Å². The van der Waals surface area contributed by atoms with Gasteiger partial charge < -0.3 is 28.0 Å².